The Kier molecular flexibility index (Phi) is 7.90. The number of para-hydroxylation sites is 1. The molecule has 8 aromatic carbocycles. The largest absolute Gasteiger partial charge is 0.310 e. The minimum absolute atomic E-state index is 0.0922. The topological polar surface area (TPSA) is 3.24 Å². The zero-order valence-electron chi connectivity index (χ0n) is 29.5. The molecule has 0 atom stereocenters. The summed E-state index contributed by atoms with van der Waals surface area (Å²) in [5, 5.41) is 0. The van der Waals surface area contributed by atoms with Gasteiger partial charge in [0.25, 0.3) is 0 Å². The Hall–Kier alpha value is -6.44. The summed E-state index contributed by atoms with van der Waals surface area (Å²) >= 11 is 0. The Labute approximate surface area is 307 Å². The van der Waals surface area contributed by atoms with Gasteiger partial charge >= 0.3 is 0 Å². The van der Waals surface area contributed by atoms with Crippen LogP contribution in [0.3, 0.4) is 0 Å². The predicted molar refractivity (Wildman–Crippen MR) is 220 cm³/mol. The Morgan fingerprint density at radius 1 is 0.308 bits per heavy atom. The second kappa shape index (κ2) is 13.0. The van der Waals surface area contributed by atoms with E-state index in [1.165, 1.54) is 66.8 Å². The molecule has 1 aliphatic carbocycles. The predicted octanol–water partition coefficient (Wildman–Crippen LogP) is 14.1. The summed E-state index contributed by atoms with van der Waals surface area (Å²) < 4.78 is 0. The maximum absolute atomic E-state index is 2.41. The van der Waals surface area contributed by atoms with Crippen molar-refractivity contribution in [2.45, 2.75) is 19.3 Å². The normalized spacial score (nSPS) is 12.6. The summed E-state index contributed by atoms with van der Waals surface area (Å²) in [4.78, 5) is 2.40. The van der Waals surface area contributed by atoms with Crippen molar-refractivity contribution in [2.75, 3.05) is 4.90 Å². The number of anilines is 3. The SMILES string of the molecule is CC1(C)c2ccccc2-c2ccc(N(c3ccccc3)c3cccc(-c4cccc(-c5ccccc5)c4-c4ccccc4-c4ccccc4)c3)cc21. The van der Waals surface area contributed by atoms with Gasteiger partial charge in [-0.2, -0.15) is 0 Å². The third-order valence-corrected chi connectivity index (χ3v) is 10.7. The quantitative estimate of drug-likeness (QED) is 0.164. The number of fused-ring (bicyclic) bond motifs is 3. The Morgan fingerprint density at radius 2 is 0.769 bits per heavy atom. The van der Waals surface area contributed by atoms with Crippen LogP contribution in [0.1, 0.15) is 25.0 Å². The Bertz CT molecular complexity index is 2530. The molecule has 248 valence electrons. The molecular weight excluding hydrogens is 627 g/mol. The van der Waals surface area contributed by atoms with Crippen LogP contribution in [0.5, 0.6) is 0 Å². The first-order valence-electron chi connectivity index (χ1n) is 18.1. The molecule has 0 aromatic heterocycles. The van der Waals surface area contributed by atoms with Crippen LogP contribution in [0, 0.1) is 0 Å². The summed E-state index contributed by atoms with van der Waals surface area (Å²) in [6, 6.07) is 72.8. The lowest BCUT2D eigenvalue weighted by atomic mass is 9.82. The van der Waals surface area contributed by atoms with Crippen LogP contribution >= 0.6 is 0 Å². The van der Waals surface area contributed by atoms with Crippen LogP contribution in [0.15, 0.2) is 200 Å². The molecule has 0 fully saturated rings. The molecule has 1 aliphatic rings. The minimum Gasteiger partial charge on any atom is -0.310 e. The molecule has 0 N–H and O–H groups in total. The first-order chi connectivity index (χ1) is 25.6. The van der Waals surface area contributed by atoms with Crippen molar-refractivity contribution in [3.63, 3.8) is 0 Å². The summed E-state index contributed by atoms with van der Waals surface area (Å²) in [5.74, 6) is 0. The third kappa shape index (κ3) is 5.43. The molecule has 0 unspecified atom stereocenters. The smallest absolute Gasteiger partial charge is 0.0467 e. The van der Waals surface area contributed by atoms with Gasteiger partial charge < -0.3 is 4.90 Å². The van der Waals surface area contributed by atoms with E-state index in [-0.39, 0.29) is 5.41 Å². The monoisotopic (exact) mass is 665 g/mol. The number of hydrogen-bond acceptors (Lipinski definition) is 1. The second-order valence-corrected chi connectivity index (χ2v) is 14.1. The fourth-order valence-electron chi connectivity index (χ4n) is 8.18. The van der Waals surface area contributed by atoms with E-state index in [2.05, 4.69) is 219 Å². The van der Waals surface area contributed by atoms with Gasteiger partial charge in [-0.15, -0.1) is 0 Å². The lowest BCUT2D eigenvalue weighted by molar-refractivity contribution is 0.660. The minimum atomic E-state index is -0.0922. The average molecular weight is 666 g/mol. The molecule has 0 amide bonds. The van der Waals surface area contributed by atoms with Crippen molar-refractivity contribution in [1.29, 1.82) is 0 Å². The van der Waals surface area contributed by atoms with Crippen LogP contribution in [0.2, 0.25) is 0 Å². The van der Waals surface area contributed by atoms with E-state index < -0.39 is 0 Å². The lowest BCUT2D eigenvalue weighted by Gasteiger charge is -2.28. The lowest BCUT2D eigenvalue weighted by Crippen LogP contribution is -2.16. The van der Waals surface area contributed by atoms with E-state index in [9.17, 15) is 0 Å². The molecule has 0 aliphatic heterocycles. The van der Waals surface area contributed by atoms with E-state index in [1.54, 1.807) is 0 Å². The molecule has 0 heterocycles. The maximum Gasteiger partial charge on any atom is 0.0467 e. The molecule has 1 nitrogen and oxygen atoms in total. The zero-order chi connectivity index (χ0) is 35.1. The van der Waals surface area contributed by atoms with Crippen molar-refractivity contribution in [1.82, 2.24) is 0 Å². The molecule has 0 spiro atoms. The first kappa shape index (κ1) is 31.5. The van der Waals surface area contributed by atoms with E-state index in [4.69, 9.17) is 0 Å². The van der Waals surface area contributed by atoms with Gasteiger partial charge in [-0.1, -0.05) is 178 Å². The maximum atomic E-state index is 2.41. The summed E-state index contributed by atoms with van der Waals surface area (Å²) in [7, 11) is 0. The Balaban J connectivity index is 1.24. The van der Waals surface area contributed by atoms with Gasteiger partial charge in [-0.3, -0.25) is 0 Å². The molecule has 1 heteroatoms. The first-order valence-corrected chi connectivity index (χ1v) is 18.1. The van der Waals surface area contributed by atoms with E-state index >= 15 is 0 Å². The van der Waals surface area contributed by atoms with Gasteiger partial charge in [0, 0.05) is 22.5 Å². The highest BCUT2D eigenvalue weighted by molar-refractivity contribution is 6.00. The van der Waals surface area contributed by atoms with Crippen molar-refractivity contribution >= 4 is 17.1 Å². The fraction of sp³-hybridized carbons (Fsp3) is 0.0588. The molecular formula is C51H39N. The van der Waals surface area contributed by atoms with Gasteiger partial charge in [0.2, 0.25) is 0 Å². The number of rotatable bonds is 7. The molecule has 52 heavy (non-hydrogen) atoms. The molecule has 8 aromatic rings. The van der Waals surface area contributed by atoms with Gasteiger partial charge in [0.15, 0.2) is 0 Å². The highest BCUT2D eigenvalue weighted by Gasteiger charge is 2.35. The fourth-order valence-corrected chi connectivity index (χ4v) is 8.18. The zero-order valence-corrected chi connectivity index (χ0v) is 29.5. The number of nitrogens with zero attached hydrogens (tertiary/aromatic N) is 1. The van der Waals surface area contributed by atoms with E-state index in [0.717, 1.165) is 17.1 Å². The molecule has 0 saturated heterocycles. The molecule has 0 saturated carbocycles. The second-order valence-electron chi connectivity index (χ2n) is 14.1. The van der Waals surface area contributed by atoms with Gasteiger partial charge in [-0.05, 0) is 103 Å². The highest BCUT2D eigenvalue weighted by atomic mass is 15.1. The summed E-state index contributed by atoms with van der Waals surface area (Å²) in [6.45, 7) is 4.70. The highest BCUT2D eigenvalue weighted by Crippen LogP contribution is 2.51. The third-order valence-electron chi connectivity index (χ3n) is 10.7. The molecule has 0 bridgehead atoms. The van der Waals surface area contributed by atoms with Gasteiger partial charge in [0.05, 0.1) is 0 Å². The van der Waals surface area contributed by atoms with Crippen LogP contribution in [0.25, 0.3) is 55.6 Å². The molecule has 9 rings (SSSR count). The van der Waals surface area contributed by atoms with Gasteiger partial charge in [-0.25, -0.2) is 0 Å². The standard InChI is InChI=1S/C51H39N/c1-51(2)48-31-15-14-27-45(48)46-33-32-41(35-49(46)51)52(39-23-10-5-11-24-39)40-25-16-22-38(34-40)44-30-17-29-43(37-20-8-4-9-21-37)50(44)47-28-13-12-26-42(47)36-18-6-3-7-19-36/h3-35H,1-2H3. The van der Waals surface area contributed by atoms with E-state index in [0.29, 0.717) is 0 Å². The molecule has 0 radical (unpaired) electrons. The average Bonchev–Trinajstić information content (AvgIpc) is 3.44. The van der Waals surface area contributed by atoms with Gasteiger partial charge in [0.1, 0.15) is 0 Å². The van der Waals surface area contributed by atoms with Crippen LogP contribution in [-0.4, -0.2) is 0 Å². The Morgan fingerprint density at radius 3 is 1.48 bits per heavy atom. The van der Waals surface area contributed by atoms with Crippen LogP contribution < -0.4 is 4.90 Å². The van der Waals surface area contributed by atoms with Crippen LogP contribution in [0.4, 0.5) is 17.1 Å². The van der Waals surface area contributed by atoms with Crippen molar-refractivity contribution in [3.8, 4) is 55.6 Å². The van der Waals surface area contributed by atoms with E-state index in [1.807, 2.05) is 0 Å². The number of hydrogen-bond donors (Lipinski definition) is 0. The van der Waals surface area contributed by atoms with Crippen molar-refractivity contribution in [2.24, 2.45) is 0 Å². The number of benzene rings is 8. The van der Waals surface area contributed by atoms with Crippen molar-refractivity contribution < 1.29 is 0 Å². The summed E-state index contributed by atoms with van der Waals surface area (Å²) in [5.41, 5.74) is 18.4. The summed E-state index contributed by atoms with van der Waals surface area (Å²) in [6.07, 6.45) is 0. The van der Waals surface area contributed by atoms with Crippen molar-refractivity contribution in [3.05, 3.63) is 211 Å². The van der Waals surface area contributed by atoms with Crippen LogP contribution in [-0.2, 0) is 5.41 Å².